The number of thiophene rings is 1. The average molecular weight is 185 g/mol. The molecule has 0 fully saturated rings. The molecular weight excluding hydrogens is 173 g/mol. The van der Waals surface area contributed by atoms with Gasteiger partial charge in [-0.3, -0.25) is 0 Å². The van der Waals surface area contributed by atoms with Gasteiger partial charge in [-0.1, -0.05) is 6.07 Å². The molecule has 12 heavy (non-hydrogen) atoms. The number of rotatable bonds is 3. The molecule has 1 aromatic rings. The molecule has 4 N–H and O–H groups in total. The van der Waals surface area contributed by atoms with Crippen molar-refractivity contribution in [3.05, 3.63) is 17.0 Å². The lowest BCUT2D eigenvalue weighted by Gasteiger charge is -2.00. The van der Waals surface area contributed by atoms with Crippen molar-refractivity contribution in [1.29, 1.82) is 0 Å². The second-order valence-corrected chi connectivity index (χ2v) is 4.06. The Balaban J connectivity index is 2.64. The van der Waals surface area contributed by atoms with Crippen LogP contribution in [0.15, 0.2) is 12.1 Å². The van der Waals surface area contributed by atoms with E-state index in [0.717, 1.165) is 11.3 Å². The van der Waals surface area contributed by atoms with Crippen LogP contribution in [-0.2, 0) is 6.42 Å². The Morgan fingerprint density at radius 2 is 2.25 bits per heavy atom. The molecule has 1 aromatic heterocycles. The van der Waals surface area contributed by atoms with Crippen LogP contribution in [0, 0.1) is 0 Å². The molecule has 0 aliphatic carbocycles. The van der Waals surface area contributed by atoms with Crippen molar-refractivity contribution in [2.75, 3.05) is 0 Å². The fourth-order valence-corrected chi connectivity index (χ4v) is 1.99. The molecule has 0 bridgehead atoms. The minimum Gasteiger partial charge on any atom is -0.423 e. The molecule has 0 aliphatic heterocycles. The van der Waals surface area contributed by atoms with Gasteiger partial charge in [0.2, 0.25) is 0 Å². The topological polar surface area (TPSA) is 66.5 Å². The molecule has 0 radical (unpaired) electrons. The second kappa shape index (κ2) is 4.05. The van der Waals surface area contributed by atoms with E-state index in [4.69, 9.17) is 15.8 Å². The zero-order valence-corrected chi connectivity index (χ0v) is 7.71. The quantitative estimate of drug-likeness (QED) is 0.546. The van der Waals surface area contributed by atoms with Crippen LogP contribution in [0.1, 0.15) is 11.8 Å². The highest BCUT2D eigenvalue weighted by Crippen LogP contribution is 2.08. The first-order chi connectivity index (χ1) is 5.59. The van der Waals surface area contributed by atoms with Crippen LogP contribution in [-0.4, -0.2) is 23.2 Å². The average Bonchev–Trinajstić information content (AvgIpc) is 2.34. The SMILES string of the molecule is CC(N)Cc1ccc(B(O)O)s1. The van der Waals surface area contributed by atoms with Gasteiger partial charge in [0.25, 0.3) is 0 Å². The minimum atomic E-state index is -1.35. The molecule has 0 saturated carbocycles. The van der Waals surface area contributed by atoms with Crippen molar-refractivity contribution in [3.63, 3.8) is 0 Å². The van der Waals surface area contributed by atoms with E-state index >= 15 is 0 Å². The van der Waals surface area contributed by atoms with Gasteiger partial charge in [-0.15, -0.1) is 11.3 Å². The smallest absolute Gasteiger partial charge is 0.423 e. The lowest BCUT2D eigenvalue weighted by molar-refractivity contribution is 0.427. The molecule has 5 heteroatoms. The number of hydrogen-bond donors (Lipinski definition) is 3. The first-order valence-electron chi connectivity index (χ1n) is 3.80. The van der Waals surface area contributed by atoms with E-state index in [0.29, 0.717) is 4.78 Å². The van der Waals surface area contributed by atoms with Gasteiger partial charge < -0.3 is 15.8 Å². The monoisotopic (exact) mass is 185 g/mol. The van der Waals surface area contributed by atoms with Crippen molar-refractivity contribution >= 4 is 23.2 Å². The Labute approximate surface area is 76.0 Å². The molecular formula is C7H12BNO2S. The Hall–Kier alpha value is -0.355. The largest absolute Gasteiger partial charge is 0.499 e. The van der Waals surface area contributed by atoms with E-state index in [1.165, 1.54) is 11.3 Å². The number of hydrogen-bond acceptors (Lipinski definition) is 4. The summed E-state index contributed by atoms with van der Waals surface area (Å²) in [5, 5.41) is 17.6. The molecule has 3 nitrogen and oxygen atoms in total. The third-order valence-corrected chi connectivity index (χ3v) is 2.61. The summed E-state index contributed by atoms with van der Waals surface area (Å²) in [7, 11) is -1.35. The zero-order chi connectivity index (χ0) is 9.14. The van der Waals surface area contributed by atoms with Crippen LogP contribution < -0.4 is 10.5 Å². The fraction of sp³-hybridized carbons (Fsp3) is 0.429. The molecule has 0 amide bonds. The van der Waals surface area contributed by atoms with Crippen LogP contribution in [0.25, 0.3) is 0 Å². The Morgan fingerprint density at radius 1 is 1.58 bits per heavy atom. The van der Waals surface area contributed by atoms with Crippen LogP contribution in [0.2, 0.25) is 0 Å². The summed E-state index contributed by atoms with van der Waals surface area (Å²) in [5.74, 6) is 0. The van der Waals surface area contributed by atoms with Gasteiger partial charge in [0.15, 0.2) is 0 Å². The highest BCUT2D eigenvalue weighted by atomic mass is 32.1. The Kier molecular flexibility index (Phi) is 3.28. The molecule has 0 aliphatic rings. The molecule has 1 unspecified atom stereocenters. The second-order valence-electron chi connectivity index (χ2n) is 2.86. The fourth-order valence-electron chi connectivity index (χ4n) is 0.960. The summed E-state index contributed by atoms with van der Waals surface area (Å²) in [6.07, 6.45) is 0.789. The van der Waals surface area contributed by atoms with Crippen LogP contribution in [0.4, 0.5) is 0 Å². The maximum absolute atomic E-state index is 8.81. The molecule has 1 heterocycles. The van der Waals surface area contributed by atoms with Gasteiger partial charge in [-0.2, -0.15) is 0 Å². The van der Waals surface area contributed by atoms with Crippen LogP contribution >= 0.6 is 11.3 Å². The van der Waals surface area contributed by atoms with Crippen molar-refractivity contribution in [1.82, 2.24) is 0 Å². The standard InChI is InChI=1S/C7H12BNO2S/c1-5(9)4-6-2-3-7(12-6)8(10)11/h2-3,5,10-11H,4,9H2,1H3. The van der Waals surface area contributed by atoms with E-state index in [2.05, 4.69) is 0 Å². The molecule has 0 saturated heterocycles. The van der Waals surface area contributed by atoms with E-state index in [1.807, 2.05) is 13.0 Å². The molecule has 0 aromatic carbocycles. The third kappa shape index (κ3) is 2.60. The molecule has 0 spiro atoms. The van der Waals surface area contributed by atoms with Crippen molar-refractivity contribution in [3.8, 4) is 0 Å². The third-order valence-electron chi connectivity index (χ3n) is 1.46. The van der Waals surface area contributed by atoms with Gasteiger partial charge in [0.1, 0.15) is 0 Å². The predicted molar refractivity (Wildman–Crippen MR) is 51.5 cm³/mol. The lowest BCUT2D eigenvalue weighted by atomic mass is 9.90. The van der Waals surface area contributed by atoms with Crippen molar-refractivity contribution in [2.45, 2.75) is 19.4 Å². The van der Waals surface area contributed by atoms with Gasteiger partial charge >= 0.3 is 7.12 Å². The normalized spacial score (nSPS) is 13.0. The van der Waals surface area contributed by atoms with Crippen LogP contribution in [0.5, 0.6) is 0 Å². The Bertz CT molecular complexity index is 249. The lowest BCUT2D eigenvalue weighted by Crippen LogP contribution is -2.26. The first-order valence-corrected chi connectivity index (χ1v) is 4.61. The van der Waals surface area contributed by atoms with Gasteiger partial charge in [-0.05, 0) is 19.4 Å². The summed E-state index contributed by atoms with van der Waals surface area (Å²) >= 11 is 1.39. The summed E-state index contributed by atoms with van der Waals surface area (Å²) < 4.78 is 0.575. The van der Waals surface area contributed by atoms with Crippen LogP contribution in [0.3, 0.4) is 0 Å². The van der Waals surface area contributed by atoms with E-state index < -0.39 is 7.12 Å². The zero-order valence-electron chi connectivity index (χ0n) is 6.90. The minimum absolute atomic E-state index is 0.118. The maximum atomic E-state index is 8.81. The van der Waals surface area contributed by atoms with Gasteiger partial charge in [0.05, 0.1) is 0 Å². The first kappa shape index (κ1) is 9.73. The summed E-state index contributed by atoms with van der Waals surface area (Å²) in [6, 6.07) is 3.71. The summed E-state index contributed by atoms with van der Waals surface area (Å²) in [4.78, 5) is 1.09. The summed E-state index contributed by atoms with van der Waals surface area (Å²) in [5.41, 5.74) is 5.59. The highest BCUT2D eigenvalue weighted by Gasteiger charge is 2.13. The van der Waals surface area contributed by atoms with Gasteiger partial charge in [-0.25, -0.2) is 0 Å². The Morgan fingerprint density at radius 3 is 2.67 bits per heavy atom. The molecule has 1 rings (SSSR count). The van der Waals surface area contributed by atoms with E-state index in [-0.39, 0.29) is 6.04 Å². The van der Waals surface area contributed by atoms with E-state index in [9.17, 15) is 0 Å². The number of nitrogens with two attached hydrogens (primary N) is 1. The van der Waals surface area contributed by atoms with E-state index in [1.54, 1.807) is 6.07 Å². The molecule has 66 valence electrons. The van der Waals surface area contributed by atoms with Crippen molar-refractivity contribution < 1.29 is 10.0 Å². The highest BCUT2D eigenvalue weighted by molar-refractivity contribution is 7.22. The van der Waals surface area contributed by atoms with Crippen molar-refractivity contribution in [2.24, 2.45) is 5.73 Å². The summed E-state index contributed by atoms with van der Waals surface area (Å²) in [6.45, 7) is 1.93. The van der Waals surface area contributed by atoms with Gasteiger partial charge in [0, 0.05) is 15.7 Å². The molecule has 1 atom stereocenters. The predicted octanol–water partition coefficient (Wildman–Crippen LogP) is -0.682. The maximum Gasteiger partial charge on any atom is 0.499 e.